The van der Waals surface area contributed by atoms with Crippen LogP contribution in [0.1, 0.15) is 10.4 Å². The second-order valence-corrected chi connectivity index (χ2v) is 4.71. The molecule has 0 fully saturated rings. The van der Waals surface area contributed by atoms with Crippen molar-refractivity contribution in [2.24, 2.45) is 0 Å². The number of nitrogens with zero attached hydrogens (tertiary/aromatic N) is 1. The Labute approximate surface area is 105 Å². The normalized spacial score (nSPS) is 10.0. The van der Waals surface area contributed by atoms with E-state index in [0.29, 0.717) is 5.56 Å². The van der Waals surface area contributed by atoms with Gasteiger partial charge in [-0.05, 0) is 56.7 Å². The van der Waals surface area contributed by atoms with Crippen LogP contribution in [0.2, 0.25) is 0 Å². The molecule has 0 saturated heterocycles. The van der Waals surface area contributed by atoms with Crippen LogP contribution in [0.25, 0.3) is 0 Å². The zero-order valence-electron chi connectivity index (χ0n) is 7.75. The van der Waals surface area contributed by atoms with E-state index in [0.717, 1.165) is 8.04 Å². The Bertz CT molecular complexity index is 357. The first-order valence-electron chi connectivity index (χ1n) is 3.83. The summed E-state index contributed by atoms with van der Waals surface area (Å²) in [6.07, 6.45) is 0. The molecule has 0 aliphatic rings. The number of halogens is 2. The van der Waals surface area contributed by atoms with Gasteiger partial charge in [-0.2, -0.15) is 0 Å². The average molecular weight is 370 g/mol. The average Bonchev–Trinajstić information content (AvgIpc) is 2.19. The van der Waals surface area contributed by atoms with E-state index in [2.05, 4.69) is 38.5 Å². The summed E-state index contributed by atoms with van der Waals surface area (Å²) in [6.45, 7) is 0. The lowest BCUT2D eigenvalue weighted by molar-refractivity contribution is -0.0757. The van der Waals surface area contributed by atoms with E-state index in [9.17, 15) is 4.79 Å². The van der Waals surface area contributed by atoms with Gasteiger partial charge in [0.15, 0.2) is 0 Å². The second-order valence-electron chi connectivity index (χ2n) is 2.61. The van der Waals surface area contributed by atoms with Gasteiger partial charge in [0.2, 0.25) is 0 Å². The van der Waals surface area contributed by atoms with Gasteiger partial charge in [0.1, 0.15) is 0 Å². The molecule has 1 aromatic carbocycles. The molecule has 76 valence electrons. The van der Waals surface area contributed by atoms with E-state index < -0.39 is 0 Å². The van der Waals surface area contributed by atoms with Gasteiger partial charge in [0.25, 0.3) is 5.91 Å². The number of amides is 1. The second kappa shape index (κ2) is 5.09. The molecule has 0 atom stereocenters. The molecule has 0 aliphatic heterocycles. The molecule has 0 unspecified atom stereocenters. The van der Waals surface area contributed by atoms with Gasteiger partial charge in [-0.3, -0.25) is 9.63 Å². The van der Waals surface area contributed by atoms with Crippen LogP contribution < -0.4 is 0 Å². The van der Waals surface area contributed by atoms with E-state index in [4.69, 9.17) is 4.84 Å². The summed E-state index contributed by atoms with van der Waals surface area (Å²) in [5.41, 5.74) is 0.598. The van der Waals surface area contributed by atoms with E-state index in [-0.39, 0.29) is 5.91 Å². The maximum atomic E-state index is 11.7. The minimum Gasteiger partial charge on any atom is -0.274 e. The van der Waals surface area contributed by atoms with Gasteiger partial charge < -0.3 is 0 Å². The van der Waals surface area contributed by atoms with Crippen LogP contribution in [0.3, 0.4) is 0 Å². The maximum absolute atomic E-state index is 11.7. The van der Waals surface area contributed by atoms with E-state index >= 15 is 0 Å². The highest BCUT2D eigenvalue weighted by Crippen LogP contribution is 2.20. The highest BCUT2D eigenvalue weighted by atomic mass is 127. The zero-order chi connectivity index (χ0) is 10.7. The largest absolute Gasteiger partial charge is 0.278 e. The molecule has 0 aromatic heterocycles. The minimum atomic E-state index is -0.169. The molecule has 3 nitrogen and oxygen atoms in total. The van der Waals surface area contributed by atoms with Crippen molar-refractivity contribution in [3.8, 4) is 0 Å². The molecule has 14 heavy (non-hydrogen) atoms. The predicted molar refractivity (Wildman–Crippen MR) is 66.0 cm³/mol. The fraction of sp³-hybridized carbons (Fsp3) is 0.222. The Morgan fingerprint density at radius 2 is 2.21 bits per heavy atom. The molecule has 1 aromatic rings. The summed E-state index contributed by atoms with van der Waals surface area (Å²) < 4.78 is 1.78. The molecule has 0 heterocycles. The number of carbonyl (C=O) groups is 1. The van der Waals surface area contributed by atoms with Crippen LogP contribution in [0.5, 0.6) is 0 Å². The fourth-order valence-electron chi connectivity index (χ4n) is 0.914. The topological polar surface area (TPSA) is 29.5 Å². The van der Waals surface area contributed by atoms with Crippen molar-refractivity contribution in [3.63, 3.8) is 0 Å². The highest BCUT2D eigenvalue weighted by Gasteiger charge is 2.14. The smallest absolute Gasteiger partial charge is 0.274 e. The zero-order valence-corrected chi connectivity index (χ0v) is 11.5. The molecule has 0 bridgehead atoms. The number of hydrogen-bond donors (Lipinski definition) is 0. The van der Waals surface area contributed by atoms with Gasteiger partial charge in [-0.1, -0.05) is 0 Å². The molecule has 0 N–H and O–H groups in total. The molecular formula is C9H9BrINO2. The van der Waals surface area contributed by atoms with Gasteiger partial charge in [-0.25, -0.2) is 5.06 Å². The Hall–Kier alpha value is -0.140. The van der Waals surface area contributed by atoms with Crippen LogP contribution in [0, 0.1) is 3.57 Å². The summed E-state index contributed by atoms with van der Waals surface area (Å²) in [5, 5.41) is 1.19. The highest BCUT2D eigenvalue weighted by molar-refractivity contribution is 14.1. The van der Waals surface area contributed by atoms with Crippen molar-refractivity contribution < 1.29 is 9.63 Å². The number of hydroxylamine groups is 2. The molecular weight excluding hydrogens is 361 g/mol. The molecule has 0 saturated carbocycles. The van der Waals surface area contributed by atoms with Crippen LogP contribution in [-0.2, 0) is 4.84 Å². The molecule has 0 radical (unpaired) electrons. The number of benzene rings is 1. The van der Waals surface area contributed by atoms with Crippen LogP contribution in [0.4, 0.5) is 0 Å². The molecule has 0 aliphatic carbocycles. The van der Waals surface area contributed by atoms with Crippen molar-refractivity contribution in [1.82, 2.24) is 5.06 Å². The van der Waals surface area contributed by atoms with Crippen molar-refractivity contribution >= 4 is 44.4 Å². The first kappa shape index (κ1) is 11.9. The number of hydrogen-bond acceptors (Lipinski definition) is 2. The van der Waals surface area contributed by atoms with Crippen LogP contribution in [-0.4, -0.2) is 25.1 Å². The fourth-order valence-corrected chi connectivity index (χ4v) is 1.82. The van der Waals surface area contributed by atoms with Crippen molar-refractivity contribution in [3.05, 3.63) is 31.8 Å². The molecule has 1 amide bonds. The lowest BCUT2D eigenvalue weighted by Crippen LogP contribution is -2.25. The first-order valence-corrected chi connectivity index (χ1v) is 5.70. The first-order chi connectivity index (χ1) is 6.56. The third kappa shape index (κ3) is 2.68. The third-order valence-electron chi connectivity index (χ3n) is 1.72. The van der Waals surface area contributed by atoms with Crippen molar-refractivity contribution in [2.45, 2.75) is 0 Å². The summed E-state index contributed by atoms with van der Waals surface area (Å²) in [4.78, 5) is 16.5. The number of carbonyl (C=O) groups excluding carboxylic acids is 1. The van der Waals surface area contributed by atoms with Gasteiger partial charge in [-0.15, -0.1) is 0 Å². The molecule has 1 rings (SSSR count). The Balaban J connectivity index is 3.06. The summed E-state index contributed by atoms with van der Waals surface area (Å²) in [5.74, 6) is -0.169. The lowest BCUT2D eigenvalue weighted by Gasteiger charge is -2.14. The van der Waals surface area contributed by atoms with Crippen molar-refractivity contribution in [1.29, 1.82) is 0 Å². The maximum Gasteiger partial charge on any atom is 0.278 e. The Morgan fingerprint density at radius 1 is 1.57 bits per heavy atom. The molecule has 5 heteroatoms. The standard InChI is InChI=1S/C9H9BrINO2/c1-12(14-2)9(13)7-5-6(11)3-4-8(7)10/h3-5H,1-2H3. The minimum absolute atomic E-state index is 0.169. The van der Waals surface area contributed by atoms with Crippen LogP contribution >= 0.6 is 38.5 Å². The van der Waals surface area contributed by atoms with E-state index in [1.165, 1.54) is 12.2 Å². The van der Waals surface area contributed by atoms with E-state index in [1.54, 1.807) is 7.05 Å². The van der Waals surface area contributed by atoms with Gasteiger partial charge >= 0.3 is 0 Å². The number of rotatable bonds is 2. The SMILES string of the molecule is CON(C)C(=O)c1cc(I)ccc1Br. The monoisotopic (exact) mass is 369 g/mol. The van der Waals surface area contributed by atoms with Crippen LogP contribution in [0.15, 0.2) is 22.7 Å². The summed E-state index contributed by atoms with van der Waals surface area (Å²) in [7, 11) is 3.04. The lowest BCUT2D eigenvalue weighted by atomic mass is 10.2. The third-order valence-corrected chi connectivity index (χ3v) is 3.08. The van der Waals surface area contributed by atoms with Gasteiger partial charge in [0, 0.05) is 15.1 Å². The Morgan fingerprint density at radius 3 is 2.79 bits per heavy atom. The quantitative estimate of drug-likeness (QED) is 0.592. The van der Waals surface area contributed by atoms with Crippen molar-refractivity contribution in [2.75, 3.05) is 14.2 Å². The molecule has 0 spiro atoms. The summed E-state index contributed by atoms with van der Waals surface area (Å²) in [6, 6.07) is 5.58. The Kier molecular flexibility index (Phi) is 4.33. The van der Waals surface area contributed by atoms with Gasteiger partial charge in [0.05, 0.1) is 12.7 Å². The summed E-state index contributed by atoms with van der Waals surface area (Å²) >= 11 is 5.48. The predicted octanol–water partition coefficient (Wildman–Crippen LogP) is 2.69. The van der Waals surface area contributed by atoms with E-state index in [1.807, 2.05) is 18.2 Å².